The highest BCUT2D eigenvalue weighted by Gasteiger charge is 1.99. The fraction of sp³-hybridized carbons (Fsp3) is 0.0909. The van der Waals surface area contributed by atoms with Crippen LogP contribution in [-0.2, 0) is 0 Å². The third kappa shape index (κ3) is 2.10. The zero-order valence-corrected chi connectivity index (χ0v) is 9.07. The van der Waals surface area contributed by atoms with Gasteiger partial charge >= 0.3 is 0 Å². The molecule has 0 spiro atoms. The van der Waals surface area contributed by atoms with Crippen molar-refractivity contribution in [1.82, 2.24) is 9.78 Å². The van der Waals surface area contributed by atoms with E-state index in [4.69, 9.17) is 0 Å². The first-order valence-corrected chi connectivity index (χ1v) is 5.70. The van der Waals surface area contributed by atoms with E-state index in [9.17, 15) is 4.79 Å². The average Bonchev–Trinajstić information content (AvgIpc) is 2.78. The molecule has 0 bridgehead atoms. The summed E-state index contributed by atoms with van der Waals surface area (Å²) in [5.74, 6) is 0. The molecule has 0 aliphatic rings. The Labute approximate surface area is 92.1 Å². The Kier molecular flexibility index (Phi) is 2.87. The zero-order valence-electron chi connectivity index (χ0n) is 8.25. The molecule has 1 aromatic heterocycles. The molecule has 2 rings (SSSR count). The lowest BCUT2D eigenvalue weighted by molar-refractivity contribution is 0.112. The SMILES string of the molecule is CSc1ccc(-n2cc(C=O)cn2)cc1. The van der Waals surface area contributed by atoms with Crippen molar-refractivity contribution in [3.05, 3.63) is 42.2 Å². The van der Waals surface area contributed by atoms with Crippen molar-refractivity contribution in [3.8, 4) is 5.69 Å². The van der Waals surface area contributed by atoms with Crippen LogP contribution in [0.25, 0.3) is 5.69 Å². The number of carbonyl (C=O) groups is 1. The van der Waals surface area contributed by atoms with Crippen LogP contribution in [0.2, 0.25) is 0 Å². The highest BCUT2D eigenvalue weighted by atomic mass is 32.2. The van der Waals surface area contributed by atoms with E-state index in [1.807, 2.05) is 30.5 Å². The highest BCUT2D eigenvalue weighted by Crippen LogP contribution is 2.16. The molecule has 76 valence electrons. The largest absolute Gasteiger partial charge is 0.298 e. The zero-order chi connectivity index (χ0) is 10.7. The molecule has 0 aliphatic heterocycles. The monoisotopic (exact) mass is 218 g/mol. The van der Waals surface area contributed by atoms with Crippen molar-refractivity contribution < 1.29 is 4.79 Å². The summed E-state index contributed by atoms with van der Waals surface area (Å²) >= 11 is 1.70. The van der Waals surface area contributed by atoms with E-state index in [1.54, 1.807) is 28.8 Å². The molecule has 1 aromatic carbocycles. The highest BCUT2D eigenvalue weighted by molar-refractivity contribution is 7.98. The fourth-order valence-corrected chi connectivity index (χ4v) is 1.68. The molecule has 0 unspecified atom stereocenters. The van der Waals surface area contributed by atoms with E-state index >= 15 is 0 Å². The molecule has 0 aliphatic carbocycles. The first kappa shape index (κ1) is 9.98. The Morgan fingerprint density at radius 2 is 2.07 bits per heavy atom. The van der Waals surface area contributed by atoms with Gasteiger partial charge in [0.15, 0.2) is 6.29 Å². The smallest absolute Gasteiger partial charge is 0.153 e. The minimum absolute atomic E-state index is 0.587. The maximum atomic E-state index is 10.5. The Hall–Kier alpha value is -1.55. The van der Waals surface area contributed by atoms with Crippen molar-refractivity contribution in [2.24, 2.45) is 0 Å². The first-order valence-electron chi connectivity index (χ1n) is 4.48. The van der Waals surface area contributed by atoms with Crippen molar-refractivity contribution >= 4 is 18.0 Å². The normalized spacial score (nSPS) is 10.2. The van der Waals surface area contributed by atoms with Gasteiger partial charge in [0.2, 0.25) is 0 Å². The van der Waals surface area contributed by atoms with Gasteiger partial charge in [0, 0.05) is 11.1 Å². The van der Waals surface area contributed by atoms with E-state index in [-0.39, 0.29) is 0 Å². The summed E-state index contributed by atoms with van der Waals surface area (Å²) in [5.41, 5.74) is 1.55. The molecule has 0 atom stereocenters. The first-order chi connectivity index (χ1) is 7.33. The number of hydrogen-bond donors (Lipinski definition) is 0. The number of aromatic nitrogens is 2. The van der Waals surface area contributed by atoms with Gasteiger partial charge in [0.05, 0.1) is 17.4 Å². The maximum absolute atomic E-state index is 10.5. The van der Waals surface area contributed by atoms with Gasteiger partial charge < -0.3 is 0 Å². The van der Waals surface area contributed by atoms with E-state index in [0.29, 0.717) is 5.56 Å². The quantitative estimate of drug-likeness (QED) is 0.586. The molecule has 0 amide bonds. The number of thioether (sulfide) groups is 1. The summed E-state index contributed by atoms with van der Waals surface area (Å²) in [6.07, 6.45) is 6.09. The summed E-state index contributed by atoms with van der Waals surface area (Å²) in [7, 11) is 0. The molecule has 0 N–H and O–H groups in total. The molecule has 0 radical (unpaired) electrons. The van der Waals surface area contributed by atoms with Gasteiger partial charge in [-0.25, -0.2) is 4.68 Å². The summed E-state index contributed by atoms with van der Waals surface area (Å²) in [6.45, 7) is 0. The van der Waals surface area contributed by atoms with Crippen LogP contribution >= 0.6 is 11.8 Å². The lowest BCUT2D eigenvalue weighted by Crippen LogP contribution is -1.93. The number of aldehydes is 1. The number of benzene rings is 1. The molecule has 15 heavy (non-hydrogen) atoms. The Morgan fingerprint density at radius 3 is 2.60 bits per heavy atom. The molecule has 0 saturated heterocycles. The predicted molar refractivity (Wildman–Crippen MR) is 60.7 cm³/mol. The molecular weight excluding hydrogens is 208 g/mol. The lowest BCUT2D eigenvalue weighted by atomic mass is 10.3. The van der Waals surface area contributed by atoms with Gasteiger partial charge in [0.25, 0.3) is 0 Å². The average molecular weight is 218 g/mol. The van der Waals surface area contributed by atoms with Crippen molar-refractivity contribution in [2.45, 2.75) is 4.90 Å². The van der Waals surface area contributed by atoms with Crippen LogP contribution in [0.5, 0.6) is 0 Å². The van der Waals surface area contributed by atoms with Gasteiger partial charge in [-0.15, -0.1) is 11.8 Å². The number of nitrogens with zero attached hydrogens (tertiary/aromatic N) is 2. The van der Waals surface area contributed by atoms with E-state index in [1.165, 1.54) is 4.90 Å². The van der Waals surface area contributed by atoms with Crippen molar-refractivity contribution in [2.75, 3.05) is 6.26 Å². The predicted octanol–water partition coefficient (Wildman–Crippen LogP) is 2.41. The summed E-state index contributed by atoms with van der Waals surface area (Å²) in [4.78, 5) is 11.7. The number of hydrogen-bond acceptors (Lipinski definition) is 3. The fourth-order valence-electron chi connectivity index (χ4n) is 1.27. The number of rotatable bonds is 3. The Morgan fingerprint density at radius 1 is 1.33 bits per heavy atom. The van der Waals surface area contributed by atoms with Crippen LogP contribution in [0, 0.1) is 0 Å². The van der Waals surface area contributed by atoms with Crippen LogP contribution in [0.4, 0.5) is 0 Å². The van der Waals surface area contributed by atoms with E-state index in [0.717, 1.165) is 12.0 Å². The molecule has 2 aromatic rings. The lowest BCUT2D eigenvalue weighted by Gasteiger charge is -2.01. The molecule has 0 fully saturated rings. The van der Waals surface area contributed by atoms with Gasteiger partial charge in [-0.2, -0.15) is 5.10 Å². The third-order valence-corrected chi connectivity index (χ3v) is 2.82. The molecule has 0 saturated carbocycles. The minimum Gasteiger partial charge on any atom is -0.298 e. The molecule has 1 heterocycles. The minimum atomic E-state index is 0.587. The van der Waals surface area contributed by atoms with Crippen LogP contribution in [0.15, 0.2) is 41.6 Å². The molecule has 4 heteroatoms. The van der Waals surface area contributed by atoms with Gasteiger partial charge in [-0.1, -0.05) is 0 Å². The van der Waals surface area contributed by atoms with Gasteiger partial charge in [-0.05, 0) is 30.5 Å². The van der Waals surface area contributed by atoms with E-state index in [2.05, 4.69) is 5.10 Å². The maximum Gasteiger partial charge on any atom is 0.153 e. The third-order valence-electron chi connectivity index (χ3n) is 2.08. The molecule has 3 nitrogen and oxygen atoms in total. The summed E-state index contributed by atoms with van der Waals surface area (Å²) in [6, 6.07) is 8.02. The van der Waals surface area contributed by atoms with Crippen LogP contribution < -0.4 is 0 Å². The standard InChI is InChI=1S/C11H10N2OS/c1-15-11-4-2-10(3-5-11)13-7-9(8-14)6-12-13/h2-8H,1H3. The molecular formula is C11H10N2OS. The number of carbonyl (C=O) groups excluding carboxylic acids is 1. The van der Waals surface area contributed by atoms with Crippen molar-refractivity contribution in [1.29, 1.82) is 0 Å². The Bertz CT molecular complexity index is 462. The van der Waals surface area contributed by atoms with Gasteiger partial charge in [-0.3, -0.25) is 4.79 Å². The van der Waals surface area contributed by atoms with Crippen LogP contribution in [0.1, 0.15) is 10.4 Å². The van der Waals surface area contributed by atoms with E-state index < -0.39 is 0 Å². The van der Waals surface area contributed by atoms with Crippen LogP contribution in [-0.4, -0.2) is 22.3 Å². The summed E-state index contributed by atoms with van der Waals surface area (Å²) < 4.78 is 1.69. The van der Waals surface area contributed by atoms with Crippen molar-refractivity contribution in [3.63, 3.8) is 0 Å². The Balaban J connectivity index is 2.32. The second-order valence-corrected chi connectivity index (χ2v) is 3.91. The second kappa shape index (κ2) is 4.31. The topological polar surface area (TPSA) is 34.9 Å². The second-order valence-electron chi connectivity index (χ2n) is 3.03. The summed E-state index contributed by atoms with van der Waals surface area (Å²) in [5, 5.41) is 4.09. The van der Waals surface area contributed by atoms with Crippen LogP contribution in [0.3, 0.4) is 0 Å². The van der Waals surface area contributed by atoms with Gasteiger partial charge in [0.1, 0.15) is 0 Å².